The molecule has 1 aliphatic heterocycles. The van der Waals surface area contributed by atoms with Crippen molar-refractivity contribution in [2.75, 3.05) is 37.5 Å². The predicted molar refractivity (Wildman–Crippen MR) is 86.5 cm³/mol. The highest BCUT2D eigenvalue weighted by molar-refractivity contribution is 6.32. The summed E-state index contributed by atoms with van der Waals surface area (Å²) >= 11 is 6.16. The van der Waals surface area contributed by atoms with E-state index >= 15 is 0 Å². The van der Waals surface area contributed by atoms with Gasteiger partial charge >= 0.3 is 0 Å². The Morgan fingerprint density at radius 2 is 1.95 bits per heavy atom. The largest absolute Gasteiger partial charge is 0.493 e. The smallest absolute Gasteiger partial charge is 0.166 e. The topological polar surface area (TPSA) is 33.7 Å². The molecule has 1 aliphatic rings. The highest BCUT2D eigenvalue weighted by Crippen LogP contribution is 2.41. The highest BCUT2D eigenvalue weighted by atomic mass is 35.5. The maximum atomic E-state index is 6.16. The Kier molecular flexibility index (Phi) is 3.80. The van der Waals surface area contributed by atoms with Gasteiger partial charge in [0.15, 0.2) is 11.5 Å². The second-order valence-corrected chi connectivity index (χ2v) is 5.28. The first-order valence-corrected chi connectivity index (χ1v) is 7.15. The summed E-state index contributed by atoms with van der Waals surface area (Å²) in [4.78, 5) is 2.18. The minimum atomic E-state index is 0.574. The van der Waals surface area contributed by atoms with Crippen molar-refractivity contribution in [2.24, 2.45) is 0 Å². The summed E-state index contributed by atoms with van der Waals surface area (Å²) in [5.41, 5.74) is 2.79. The number of anilines is 3. The van der Waals surface area contributed by atoms with Gasteiger partial charge in [-0.1, -0.05) is 23.7 Å². The molecular formula is C16H17ClN2O2. The zero-order valence-electron chi connectivity index (χ0n) is 12.0. The first kappa shape index (κ1) is 13.9. The van der Waals surface area contributed by atoms with Crippen LogP contribution in [0, 0.1) is 0 Å². The number of para-hydroxylation sites is 2. The molecule has 0 radical (unpaired) electrons. The first-order chi connectivity index (χ1) is 10.2. The van der Waals surface area contributed by atoms with Crippen LogP contribution >= 0.6 is 11.6 Å². The van der Waals surface area contributed by atoms with E-state index in [-0.39, 0.29) is 0 Å². The zero-order valence-corrected chi connectivity index (χ0v) is 12.8. The Bertz CT molecular complexity index is 661. The molecule has 0 aliphatic carbocycles. The lowest BCUT2D eigenvalue weighted by Gasteiger charge is -2.29. The maximum Gasteiger partial charge on any atom is 0.166 e. The van der Waals surface area contributed by atoms with Gasteiger partial charge in [-0.05, 0) is 24.3 Å². The van der Waals surface area contributed by atoms with Gasteiger partial charge in [0.25, 0.3) is 0 Å². The second kappa shape index (κ2) is 5.74. The Morgan fingerprint density at radius 3 is 2.76 bits per heavy atom. The van der Waals surface area contributed by atoms with Gasteiger partial charge in [-0.3, -0.25) is 0 Å². The number of nitrogens with zero attached hydrogens (tertiary/aromatic N) is 1. The molecule has 0 spiro atoms. The molecular weight excluding hydrogens is 288 g/mol. The van der Waals surface area contributed by atoms with Crippen molar-refractivity contribution in [3.8, 4) is 11.5 Å². The fourth-order valence-electron chi connectivity index (χ4n) is 2.44. The van der Waals surface area contributed by atoms with E-state index in [9.17, 15) is 0 Å². The fraction of sp³-hybridized carbons (Fsp3) is 0.250. The molecule has 0 atom stereocenters. The Labute approximate surface area is 129 Å². The van der Waals surface area contributed by atoms with E-state index in [4.69, 9.17) is 21.1 Å². The number of ether oxygens (including phenoxy) is 2. The molecule has 0 unspecified atom stereocenters. The van der Waals surface area contributed by atoms with E-state index in [1.807, 2.05) is 24.3 Å². The summed E-state index contributed by atoms with van der Waals surface area (Å²) in [6.45, 7) is 1.56. The van der Waals surface area contributed by atoms with E-state index in [0.29, 0.717) is 17.4 Å². The molecule has 2 aromatic carbocycles. The average Bonchev–Trinajstić information content (AvgIpc) is 2.49. The van der Waals surface area contributed by atoms with Crippen molar-refractivity contribution in [3.05, 3.63) is 41.4 Å². The van der Waals surface area contributed by atoms with Gasteiger partial charge in [-0.2, -0.15) is 0 Å². The van der Waals surface area contributed by atoms with Crippen molar-refractivity contribution < 1.29 is 9.47 Å². The molecule has 0 saturated carbocycles. The molecule has 0 saturated heterocycles. The molecule has 21 heavy (non-hydrogen) atoms. The van der Waals surface area contributed by atoms with Gasteiger partial charge in [-0.15, -0.1) is 0 Å². The summed E-state index contributed by atoms with van der Waals surface area (Å²) in [7, 11) is 3.67. The summed E-state index contributed by atoms with van der Waals surface area (Å²) in [6, 6.07) is 11.7. The third-order valence-electron chi connectivity index (χ3n) is 3.52. The highest BCUT2D eigenvalue weighted by Gasteiger charge is 2.19. The number of likely N-dealkylation sites (N-methyl/N-ethyl adjacent to an activating group) is 1. The minimum absolute atomic E-state index is 0.574. The molecule has 2 aromatic rings. The molecule has 0 amide bonds. The molecule has 0 aromatic heterocycles. The number of benzene rings is 2. The Morgan fingerprint density at radius 1 is 1.19 bits per heavy atom. The van der Waals surface area contributed by atoms with Gasteiger partial charge in [0, 0.05) is 7.05 Å². The standard InChI is InChI=1S/C16H17ClN2O2/c1-19-9-10-21-16-13(7-4-8-14(16)19)18-12-6-3-5-11(17)15(12)20-2/h3-8,18H,9-10H2,1-2H3. The van der Waals surface area contributed by atoms with Crippen LogP contribution in [0.25, 0.3) is 0 Å². The van der Waals surface area contributed by atoms with E-state index in [1.54, 1.807) is 13.2 Å². The number of fused-ring (bicyclic) bond motifs is 1. The summed E-state index contributed by atoms with van der Waals surface area (Å²) in [5, 5.41) is 3.93. The quantitative estimate of drug-likeness (QED) is 0.932. The van der Waals surface area contributed by atoms with Crippen LogP contribution in [0.5, 0.6) is 11.5 Å². The maximum absolute atomic E-state index is 6.16. The fourth-order valence-corrected chi connectivity index (χ4v) is 2.69. The zero-order chi connectivity index (χ0) is 14.8. The molecule has 5 heteroatoms. The number of hydrogen-bond acceptors (Lipinski definition) is 4. The van der Waals surface area contributed by atoms with Crippen molar-refractivity contribution in [1.82, 2.24) is 0 Å². The molecule has 0 fully saturated rings. The van der Waals surface area contributed by atoms with E-state index in [1.165, 1.54) is 0 Å². The molecule has 1 heterocycles. The number of methoxy groups -OCH3 is 1. The van der Waals surface area contributed by atoms with E-state index < -0.39 is 0 Å². The number of hydrogen-bond donors (Lipinski definition) is 1. The minimum Gasteiger partial charge on any atom is -0.493 e. The van der Waals surface area contributed by atoms with Crippen molar-refractivity contribution in [1.29, 1.82) is 0 Å². The molecule has 0 bridgehead atoms. The Hall–Kier alpha value is -2.07. The molecule has 1 N–H and O–H groups in total. The van der Waals surface area contributed by atoms with Crippen molar-refractivity contribution in [3.63, 3.8) is 0 Å². The van der Waals surface area contributed by atoms with E-state index in [2.05, 4.69) is 23.3 Å². The first-order valence-electron chi connectivity index (χ1n) is 6.77. The third kappa shape index (κ3) is 2.59. The Balaban J connectivity index is 2.00. The van der Waals surface area contributed by atoms with Gasteiger partial charge in [0.05, 0.1) is 35.7 Å². The predicted octanol–water partition coefficient (Wildman–Crippen LogP) is 3.92. The summed E-state index contributed by atoms with van der Waals surface area (Å²) < 4.78 is 11.2. The summed E-state index contributed by atoms with van der Waals surface area (Å²) in [6.07, 6.45) is 0. The van der Waals surface area contributed by atoms with Gasteiger partial charge < -0.3 is 19.7 Å². The SMILES string of the molecule is COc1c(Cl)cccc1Nc1cccc2c1OCCN2C. The van der Waals surface area contributed by atoms with Crippen LogP contribution in [0.15, 0.2) is 36.4 Å². The van der Waals surface area contributed by atoms with E-state index in [0.717, 1.165) is 29.4 Å². The van der Waals surface area contributed by atoms with Crippen LogP contribution in [0.1, 0.15) is 0 Å². The van der Waals surface area contributed by atoms with Gasteiger partial charge in [0.1, 0.15) is 6.61 Å². The van der Waals surface area contributed by atoms with Gasteiger partial charge in [0.2, 0.25) is 0 Å². The molecule has 110 valence electrons. The number of rotatable bonds is 3. The number of nitrogens with one attached hydrogen (secondary N) is 1. The lowest BCUT2D eigenvalue weighted by atomic mass is 10.2. The van der Waals surface area contributed by atoms with Crippen LogP contribution in [-0.4, -0.2) is 27.3 Å². The average molecular weight is 305 g/mol. The monoisotopic (exact) mass is 304 g/mol. The third-order valence-corrected chi connectivity index (χ3v) is 3.82. The molecule has 3 rings (SSSR count). The van der Waals surface area contributed by atoms with Crippen LogP contribution < -0.4 is 19.7 Å². The lowest BCUT2D eigenvalue weighted by Crippen LogP contribution is -2.29. The van der Waals surface area contributed by atoms with Crippen molar-refractivity contribution in [2.45, 2.75) is 0 Å². The van der Waals surface area contributed by atoms with Crippen LogP contribution in [-0.2, 0) is 0 Å². The van der Waals surface area contributed by atoms with Crippen LogP contribution in [0.2, 0.25) is 5.02 Å². The van der Waals surface area contributed by atoms with Crippen LogP contribution in [0.4, 0.5) is 17.1 Å². The lowest BCUT2D eigenvalue weighted by molar-refractivity contribution is 0.313. The molecule has 4 nitrogen and oxygen atoms in total. The second-order valence-electron chi connectivity index (χ2n) is 4.87. The van der Waals surface area contributed by atoms with Crippen LogP contribution in [0.3, 0.4) is 0 Å². The normalized spacial score (nSPS) is 13.4. The number of halogens is 1. The van der Waals surface area contributed by atoms with Crippen molar-refractivity contribution >= 4 is 28.7 Å². The summed E-state index contributed by atoms with van der Waals surface area (Å²) in [5.74, 6) is 1.48. The van der Waals surface area contributed by atoms with Gasteiger partial charge in [-0.25, -0.2) is 0 Å².